The number of carbonyl (C=O) groups is 1. The second-order valence-electron chi connectivity index (χ2n) is 6.79. The Morgan fingerprint density at radius 1 is 1.19 bits per heavy atom. The van der Waals surface area contributed by atoms with Crippen molar-refractivity contribution in [2.45, 2.75) is 52.4 Å². The summed E-state index contributed by atoms with van der Waals surface area (Å²) < 4.78 is 12.1. The first-order chi connectivity index (χ1) is 9.66. The fourth-order valence-electron chi connectivity index (χ4n) is 2.29. The number of aryl methyl sites for hydroxylation is 1. The van der Waals surface area contributed by atoms with E-state index in [0.717, 1.165) is 23.0 Å². The van der Waals surface area contributed by atoms with E-state index in [1.807, 2.05) is 46.8 Å². The lowest BCUT2D eigenvalue weighted by Crippen LogP contribution is -2.41. The molecule has 0 saturated carbocycles. The van der Waals surface area contributed by atoms with Crippen molar-refractivity contribution in [3.63, 3.8) is 0 Å². The third-order valence-electron chi connectivity index (χ3n) is 4.50. The Morgan fingerprint density at radius 2 is 1.76 bits per heavy atom. The van der Waals surface area contributed by atoms with Gasteiger partial charge in [-0.3, -0.25) is 4.79 Å². The first-order valence-electron chi connectivity index (χ1n) is 7.27. The van der Waals surface area contributed by atoms with Crippen LogP contribution in [0.15, 0.2) is 18.2 Å². The van der Waals surface area contributed by atoms with E-state index >= 15 is 0 Å². The first-order valence-corrected chi connectivity index (χ1v) is 7.27. The fourth-order valence-corrected chi connectivity index (χ4v) is 2.29. The summed E-state index contributed by atoms with van der Waals surface area (Å²) in [6.45, 7) is 10.8. The van der Waals surface area contributed by atoms with Gasteiger partial charge in [0.2, 0.25) is 6.41 Å². The molecule has 1 saturated heterocycles. The number of hydrogen-bond donors (Lipinski definition) is 0. The van der Waals surface area contributed by atoms with E-state index in [4.69, 9.17) is 9.31 Å². The van der Waals surface area contributed by atoms with E-state index in [0.29, 0.717) is 6.54 Å². The van der Waals surface area contributed by atoms with Crippen LogP contribution in [0.25, 0.3) is 0 Å². The predicted octanol–water partition coefficient (Wildman–Crippen LogP) is 1.88. The van der Waals surface area contributed by atoms with Gasteiger partial charge in [-0.1, -0.05) is 18.2 Å². The van der Waals surface area contributed by atoms with Crippen LogP contribution < -0.4 is 5.46 Å². The number of amides is 1. The molecule has 1 aliphatic rings. The van der Waals surface area contributed by atoms with Crippen molar-refractivity contribution in [1.82, 2.24) is 4.90 Å². The highest BCUT2D eigenvalue weighted by molar-refractivity contribution is 6.62. The lowest BCUT2D eigenvalue weighted by atomic mass is 9.77. The van der Waals surface area contributed by atoms with Gasteiger partial charge in [0.25, 0.3) is 0 Å². The summed E-state index contributed by atoms with van der Waals surface area (Å²) in [6, 6.07) is 6.15. The summed E-state index contributed by atoms with van der Waals surface area (Å²) >= 11 is 0. The van der Waals surface area contributed by atoms with Gasteiger partial charge in [0, 0.05) is 13.6 Å². The first kappa shape index (κ1) is 16.1. The molecule has 0 atom stereocenters. The maximum atomic E-state index is 10.8. The van der Waals surface area contributed by atoms with Gasteiger partial charge in [-0.15, -0.1) is 0 Å². The summed E-state index contributed by atoms with van der Waals surface area (Å²) in [5.74, 6) is 0. The van der Waals surface area contributed by atoms with Crippen molar-refractivity contribution in [3.8, 4) is 0 Å². The highest BCUT2D eigenvalue weighted by Crippen LogP contribution is 2.36. The van der Waals surface area contributed by atoms with Gasteiger partial charge in [0.15, 0.2) is 0 Å². The zero-order chi connectivity index (χ0) is 15.8. The third kappa shape index (κ3) is 3.14. The largest absolute Gasteiger partial charge is 0.494 e. The van der Waals surface area contributed by atoms with E-state index in [9.17, 15) is 4.79 Å². The Balaban J connectivity index is 2.26. The van der Waals surface area contributed by atoms with Crippen LogP contribution in [0.4, 0.5) is 0 Å². The van der Waals surface area contributed by atoms with E-state index in [-0.39, 0.29) is 18.3 Å². The second-order valence-corrected chi connectivity index (χ2v) is 6.79. The molecule has 2 rings (SSSR count). The topological polar surface area (TPSA) is 38.8 Å². The van der Waals surface area contributed by atoms with Crippen LogP contribution in [0.5, 0.6) is 0 Å². The van der Waals surface area contributed by atoms with Gasteiger partial charge in [0.05, 0.1) is 11.2 Å². The van der Waals surface area contributed by atoms with Crippen LogP contribution in [-0.4, -0.2) is 36.7 Å². The molecule has 0 N–H and O–H groups in total. The average Bonchev–Trinajstić information content (AvgIpc) is 2.61. The van der Waals surface area contributed by atoms with E-state index in [2.05, 4.69) is 6.07 Å². The second kappa shape index (κ2) is 5.46. The Bertz CT molecular complexity index is 526. The number of benzene rings is 1. The van der Waals surface area contributed by atoms with Crippen LogP contribution in [0, 0.1) is 6.92 Å². The van der Waals surface area contributed by atoms with Gasteiger partial charge >= 0.3 is 7.12 Å². The molecule has 1 aromatic rings. The van der Waals surface area contributed by atoms with Crippen LogP contribution >= 0.6 is 0 Å². The van der Waals surface area contributed by atoms with Gasteiger partial charge < -0.3 is 14.2 Å². The van der Waals surface area contributed by atoms with Crippen molar-refractivity contribution in [1.29, 1.82) is 0 Å². The van der Waals surface area contributed by atoms with E-state index < -0.39 is 0 Å². The number of carbonyl (C=O) groups excluding carboxylic acids is 1. The molecule has 0 radical (unpaired) electrons. The summed E-state index contributed by atoms with van der Waals surface area (Å²) in [7, 11) is 1.41. The average molecular weight is 289 g/mol. The van der Waals surface area contributed by atoms with Crippen molar-refractivity contribution in [2.75, 3.05) is 7.05 Å². The quantitative estimate of drug-likeness (QED) is 0.627. The summed E-state index contributed by atoms with van der Waals surface area (Å²) in [6.07, 6.45) is 0.834. The van der Waals surface area contributed by atoms with Gasteiger partial charge in [0.1, 0.15) is 0 Å². The minimum absolute atomic E-state index is 0.345. The lowest BCUT2D eigenvalue weighted by molar-refractivity contribution is -0.117. The maximum absolute atomic E-state index is 10.8. The monoisotopic (exact) mass is 289 g/mol. The molecule has 0 unspecified atom stereocenters. The van der Waals surface area contributed by atoms with Gasteiger partial charge in [-0.25, -0.2) is 0 Å². The molecular weight excluding hydrogens is 265 g/mol. The zero-order valence-corrected chi connectivity index (χ0v) is 13.8. The van der Waals surface area contributed by atoms with Crippen molar-refractivity contribution in [3.05, 3.63) is 29.3 Å². The Kier molecular flexibility index (Phi) is 4.18. The molecule has 1 heterocycles. The van der Waals surface area contributed by atoms with Gasteiger partial charge in [-0.2, -0.15) is 0 Å². The molecule has 1 fully saturated rings. The number of rotatable bonds is 4. The minimum atomic E-state index is -0.365. The predicted molar refractivity (Wildman–Crippen MR) is 84.4 cm³/mol. The highest BCUT2D eigenvalue weighted by atomic mass is 16.7. The van der Waals surface area contributed by atoms with Crippen LogP contribution in [-0.2, 0) is 20.6 Å². The van der Waals surface area contributed by atoms with Crippen molar-refractivity contribution < 1.29 is 14.1 Å². The standard InChI is InChI=1S/C16H24BNO3/c1-12-7-8-14(9-13(12)10-18(6)11-19)17-20-15(2,3)16(4,5)21-17/h7-9,11H,10H2,1-6H3. The molecule has 1 aromatic carbocycles. The van der Waals surface area contributed by atoms with Crippen LogP contribution in [0.2, 0.25) is 0 Å². The number of nitrogens with zero attached hydrogens (tertiary/aromatic N) is 1. The highest BCUT2D eigenvalue weighted by Gasteiger charge is 2.51. The summed E-state index contributed by atoms with van der Waals surface area (Å²) in [4.78, 5) is 12.4. The van der Waals surface area contributed by atoms with Crippen molar-refractivity contribution >= 4 is 19.0 Å². The molecule has 0 aromatic heterocycles. The summed E-state index contributed by atoms with van der Waals surface area (Å²) in [5, 5.41) is 0. The normalized spacial score (nSPS) is 19.6. The van der Waals surface area contributed by atoms with Crippen molar-refractivity contribution in [2.24, 2.45) is 0 Å². The molecule has 5 heteroatoms. The van der Waals surface area contributed by atoms with Gasteiger partial charge in [-0.05, 0) is 51.2 Å². The number of hydrogen-bond acceptors (Lipinski definition) is 3. The SMILES string of the molecule is Cc1ccc(B2OC(C)(C)C(C)(C)O2)cc1CN(C)C=O. The van der Waals surface area contributed by atoms with Crippen LogP contribution in [0.3, 0.4) is 0 Å². The Morgan fingerprint density at radius 3 is 2.29 bits per heavy atom. The third-order valence-corrected chi connectivity index (χ3v) is 4.50. The zero-order valence-electron chi connectivity index (χ0n) is 13.8. The summed E-state index contributed by atoms with van der Waals surface area (Å²) in [5.41, 5.74) is 2.57. The molecular formula is C16H24BNO3. The Hall–Kier alpha value is -1.33. The van der Waals surface area contributed by atoms with E-state index in [1.54, 1.807) is 11.9 Å². The molecule has 4 nitrogen and oxygen atoms in total. The van der Waals surface area contributed by atoms with Crippen LogP contribution in [0.1, 0.15) is 38.8 Å². The molecule has 0 aliphatic carbocycles. The lowest BCUT2D eigenvalue weighted by Gasteiger charge is -2.32. The fraction of sp³-hybridized carbons (Fsp3) is 0.562. The minimum Gasteiger partial charge on any atom is -0.399 e. The molecule has 0 spiro atoms. The molecule has 1 amide bonds. The Labute approximate surface area is 127 Å². The molecule has 0 bridgehead atoms. The molecule has 114 valence electrons. The molecule has 1 aliphatic heterocycles. The maximum Gasteiger partial charge on any atom is 0.494 e. The smallest absolute Gasteiger partial charge is 0.399 e. The van der Waals surface area contributed by atoms with E-state index in [1.165, 1.54) is 0 Å². The molecule has 21 heavy (non-hydrogen) atoms.